The molecule has 0 fully saturated rings. The van der Waals surface area contributed by atoms with Crippen molar-refractivity contribution in [2.45, 2.75) is 26.2 Å². The molecule has 1 aromatic rings. The zero-order chi connectivity index (χ0) is 11.3. The molecule has 84 valence electrons. The Kier molecular flexibility index (Phi) is 4.79. The highest BCUT2D eigenvalue weighted by molar-refractivity contribution is 5.25. The first-order valence-corrected chi connectivity index (χ1v) is 5.66. The topological polar surface area (TPSA) is 52.0 Å². The molecule has 0 atom stereocenters. The second-order valence-electron chi connectivity index (χ2n) is 4.44. The number of hydrogen-bond donors (Lipinski definition) is 2. The second kappa shape index (κ2) is 5.89. The molecule has 0 heterocycles. The van der Waals surface area contributed by atoms with Gasteiger partial charge in [-0.25, -0.2) is 0 Å². The number of rotatable bonds is 5. The highest BCUT2D eigenvalue weighted by Gasteiger charge is 2.05. The van der Waals surface area contributed by atoms with Crippen LogP contribution in [0.5, 0.6) is 0 Å². The van der Waals surface area contributed by atoms with E-state index in [1.165, 1.54) is 11.1 Å². The van der Waals surface area contributed by atoms with Crippen LogP contribution in [0.25, 0.3) is 0 Å². The highest BCUT2D eigenvalue weighted by atomic mass is 14.6. The zero-order valence-electron chi connectivity index (χ0n) is 9.74. The molecule has 0 spiro atoms. The summed E-state index contributed by atoms with van der Waals surface area (Å²) in [5.41, 5.74) is 14.0. The fourth-order valence-corrected chi connectivity index (χ4v) is 1.63. The SMILES string of the molecule is CC(C)c1ccc(CC(CN)CN)cc1. The van der Waals surface area contributed by atoms with Crippen molar-refractivity contribution in [2.24, 2.45) is 17.4 Å². The van der Waals surface area contributed by atoms with E-state index in [9.17, 15) is 0 Å². The standard InChI is InChI=1S/C13H22N2/c1-10(2)13-5-3-11(4-6-13)7-12(8-14)9-15/h3-6,10,12H,7-9,14-15H2,1-2H3. The van der Waals surface area contributed by atoms with Gasteiger partial charge in [0, 0.05) is 0 Å². The Morgan fingerprint density at radius 2 is 1.53 bits per heavy atom. The maximum Gasteiger partial charge on any atom is -0.00336 e. The van der Waals surface area contributed by atoms with Gasteiger partial charge in [-0.05, 0) is 42.5 Å². The molecule has 0 saturated heterocycles. The van der Waals surface area contributed by atoms with E-state index in [2.05, 4.69) is 38.1 Å². The summed E-state index contributed by atoms with van der Waals surface area (Å²) in [6.07, 6.45) is 0.991. The molecule has 0 radical (unpaired) electrons. The number of benzene rings is 1. The third-order valence-electron chi connectivity index (χ3n) is 2.84. The molecule has 0 bridgehead atoms. The predicted octanol–water partition coefficient (Wildman–Crippen LogP) is 1.89. The summed E-state index contributed by atoms with van der Waals surface area (Å²) < 4.78 is 0. The Labute approximate surface area is 92.7 Å². The lowest BCUT2D eigenvalue weighted by Crippen LogP contribution is -2.25. The third-order valence-corrected chi connectivity index (χ3v) is 2.84. The molecule has 0 unspecified atom stereocenters. The van der Waals surface area contributed by atoms with Crippen LogP contribution in [0.1, 0.15) is 30.9 Å². The van der Waals surface area contributed by atoms with Gasteiger partial charge in [0.1, 0.15) is 0 Å². The van der Waals surface area contributed by atoms with Gasteiger partial charge < -0.3 is 11.5 Å². The van der Waals surface area contributed by atoms with E-state index in [4.69, 9.17) is 11.5 Å². The normalized spacial score (nSPS) is 11.3. The maximum absolute atomic E-state index is 5.63. The van der Waals surface area contributed by atoms with Gasteiger partial charge in [-0.3, -0.25) is 0 Å². The van der Waals surface area contributed by atoms with Crippen LogP contribution in [0.15, 0.2) is 24.3 Å². The second-order valence-corrected chi connectivity index (χ2v) is 4.44. The van der Waals surface area contributed by atoms with Gasteiger partial charge >= 0.3 is 0 Å². The van der Waals surface area contributed by atoms with Crippen LogP contribution < -0.4 is 11.5 Å². The number of nitrogens with two attached hydrogens (primary N) is 2. The van der Waals surface area contributed by atoms with Gasteiger partial charge in [-0.1, -0.05) is 38.1 Å². The summed E-state index contributed by atoms with van der Waals surface area (Å²) in [5.74, 6) is 1.01. The molecule has 2 heteroatoms. The van der Waals surface area contributed by atoms with Crippen molar-refractivity contribution in [3.05, 3.63) is 35.4 Å². The highest BCUT2D eigenvalue weighted by Crippen LogP contribution is 2.16. The average molecular weight is 206 g/mol. The van der Waals surface area contributed by atoms with Gasteiger partial charge in [-0.15, -0.1) is 0 Å². The fraction of sp³-hybridized carbons (Fsp3) is 0.538. The maximum atomic E-state index is 5.63. The van der Waals surface area contributed by atoms with Crippen LogP contribution in [-0.4, -0.2) is 13.1 Å². The van der Waals surface area contributed by atoms with Crippen LogP contribution in [-0.2, 0) is 6.42 Å². The van der Waals surface area contributed by atoms with E-state index in [1.807, 2.05) is 0 Å². The van der Waals surface area contributed by atoms with E-state index in [0.717, 1.165) is 6.42 Å². The van der Waals surface area contributed by atoms with Crippen molar-refractivity contribution in [1.82, 2.24) is 0 Å². The van der Waals surface area contributed by atoms with Gasteiger partial charge in [0.15, 0.2) is 0 Å². The lowest BCUT2D eigenvalue weighted by Gasteiger charge is -2.12. The van der Waals surface area contributed by atoms with Crippen molar-refractivity contribution in [3.63, 3.8) is 0 Å². The van der Waals surface area contributed by atoms with Crippen molar-refractivity contribution in [2.75, 3.05) is 13.1 Å². The van der Waals surface area contributed by atoms with Crippen molar-refractivity contribution in [1.29, 1.82) is 0 Å². The van der Waals surface area contributed by atoms with Gasteiger partial charge in [0.2, 0.25) is 0 Å². The Morgan fingerprint density at radius 1 is 1.00 bits per heavy atom. The Morgan fingerprint density at radius 3 is 1.93 bits per heavy atom. The molecule has 2 nitrogen and oxygen atoms in total. The third kappa shape index (κ3) is 3.65. The molecule has 0 aliphatic carbocycles. The smallest absolute Gasteiger partial charge is 0.00336 e. The Balaban J connectivity index is 2.63. The minimum Gasteiger partial charge on any atom is -0.330 e. The van der Waals surface area contributed by atoms with E-state index in [0.29, 0.717) is 24.9 Å². The van der Waals surface area contributed by atoms with Crippen LogP contribution in [0.3, 0.4) is 0 Å². The first-order chi connectivity index (χ1) is 7.17. The van der Waals surface area contributed by atoms with Crippen LogP contribution in [0, 0.1) is 5.92 Å². The number of hydrogen-bond acceptors (Lipinski definition) is 2. The van der Waals surface area contributed by atoms with Crippen molar-refractivity contribution in [3.8, 4) is 0 Å². The molecule has 4 N–H and O–H groups in total. The van der Waals surface area contributed by atoms with Gasteiger partial charge in [-0.2, -0.15) is 0 Å². The van der Waals surface area contributed by atoms with Crippen LogP contribution in [0.4, 0.5) is 0 Å². The van der Waals surface area contributed by atoms with Crippen LogP contribution >= 0.6 is 0 Å². The largest absolute Gasteiger partial charge is 0.330 e. The fourth-order valence-electron chi connectivity index (χ4n) is 1.63. The first-order valence-electron chi connectivity index (χ1n) is 5.66. The van der Waals surface area contributed by atoms with Crippen molar-refractivity contribution >= 4 is 0 Å². The zero-order valence-corrected chi connectivity index (χ0v) is 9.74. The van der Waals surface area contributed by atoms with E-state index in [-0.39, 0.29) is 0 Å². The summed E-state index contributed by atoms with van der Waals surface area (Å²) in [6.45, 7) is 5.75. The van der Waals surface area contributed by atoms with Gasteiger partial charge in [0.25, 0.3) is 0 Å². The Hall–Kier alpha value is -0.860. The minimum atomic E-state index is 0.412. The summed E-state index contributed by atoms with van der Waals surface area (Å²) in [5, 5.41) is 0. The predicted molar refractivity (Wildman–Crippen MR) is 65.8 cm³/mol. The minimum absolute atomic E-state index is 0.412. The molecule has 0 aliphatic heterocycles. The molecule has 0 amide bonds. The molecule has 1 aromatic carbocycles. The van der Waals surface area contributed by atoms with Gasteiger partial charge in [0.05, 0.1) is 0 Å². The molecule has 0 saturated carbocycles. The van der Waals surface area contributed by atoms with E-state index in [1.54, 1.807) is 0 Å². The average Bonchev–Trinajstić information content (AvgIpc) is 2.26. The van der Waals surface area contributed by atoms with Crippen LogP contribution in [0.2, 0.25) is 0 Å². The van der Waals surface area contributed by atoms with E-state index >= 15 is 0 Å². The summed E-state index contributed by atoms with van der Waals surface area (Å²) in [6, 6.07) is 8.77. The lowest BCUT2D eigenvalue weighted by molar-refractivity contribution is 0.548. The summed E-state index contributed by atoms with van der Waals surface area (Å²) >= 11 is 0. The molecule has 15 heavy (non-hydrogen) atoms. The Bertz CT molecular complexity index is 273. The van der Waals surface area contributed by atoms with E-state index < -0.39 is 0 Å². The molecule has 0 aromatic heterocycles. The summed E-state index contributed by atoms with van der Waals surface area (Å²) in [7, 11) is 0. The molecule has 1 rings (SSSR count). The first kappa shape index (κ1) is 12.2. The quantitative estimate of drug-likeness (QED) is 0.773. The monoisotopic (exact) mass is 206 g/mol. The molecular weight excluding hydrogens is 184 g/mol. The molecular formula is C13H22N2. The summed E-state index contributed by atoms with van der Waals surface area (Å²) in [4.78, 5) is 0. The molecule has 0 aliphatic rings. The lowest BCUT2D eigenvalue weighted by atomic mass is 9.96. The van der Waals surface area contributed by atoms with Crippen molar-refractivity contribution < 1.29 is 0 Å².